The molecule has 16 heteroatoms. The zero-order chi connectivity index (χ0) is 39.2. The van der Waals surface area contributed by atoms with Gasteiger partial charge in [-0.15, -0.1) is 11.3 Å². The van der Waals surface area contributed by atoms with Gasteiger partial charge in [-0.1, -0.05) is 98.6 Å². The van der Waals surface area contributed by atoms with Gasteiger partial charge in [0.05, 0.1) is 66.8 Å². The van der Waals surface area contributed by atoms with Gasteiger partial charge in [0.1, 0.15) is 0 Å². The summed E-state index contributed by atoms with van der Waals surface area (Å²) < 4.78 is 23.9. The maximum Gasteiger partial charge on any atom is 1.00 e. The summed E-state index contributed by atoms with van der Waals surface area (Å²) in [6.07, 6.45) is 4.53. The summed E-state index contributed by atoms with van der Waals surface area (Å²) in [5.74, 6) is -1.85. The number of carbonyl (C=O) groups is 4. The number of aromatic nitrogens is 2. The van der Waals surface area contributed by atoms with E-state index in [4.69, 9.17) is 26.8 Å². The Hall–Kier alpha value is -1.85. The molecule has 4 atom stereocenters. The van der Waals surface area contributed by atoms with Crippen molar-refractivity contribution in [2.24, 2.45) is 23.7 Å². The van der Waals surface area contributed by atoms with E-state index >= 15 is 0 Å². The number of thioether (sulfide) groups is 1. The van der Waals surface area contributed by atoms with Crippen LogP contribution in [0.4, 0.5) is 0 Å². The van der Waals surface area contributed by atoms with Gasteiger partial charge < -0.3 is 42.9 Å². The first-order chi connectivity index (χ1) is 25.5. The van der Waals surface area contributed by atoms with Gasteiger partial charge in [0.15, 0.2) is 4.34 Å². The summed E-state index contributed by atoms with van der Waals surface area (Å²) in [6, 6.07) is 15.9. The molecule has 54 heavy (non-hydrogen) atoms. The fourth-order valence-corrected chi connectivity index (χ4v) is 8.49. The predicted molar refractivity (Wildman–Crippen MR) is 220 cm³/mol. The van der Waals surface area contributed by atoms with E-state index in [9.17, 15) is 19.2 Å². The molecule has 4 unspecified atom stereocenters. The van der Waals surface area contributed by atoms with Crippen LogP contribution in [0, 0.1) is 23.7 Å². The third-order valence-electron chi connectivity index (χ3n) is 7.78. The molecule has 0 saturated heterocycles. The molecule has 0 aliphatic heterocycles. The first-order valence-corrected chi connectivity index (χ1v) is 21.7. The number of unbranched alkanes of at least 4 members (excludes halogenated alkanes) is 2. The van der Waals surface area contributed by atoms with Crippen LogP contribution in [0.25, 0.3) is 20.4 Å². The maximum absolute atomic E-state index is 12.5. The topological polar surface area (TPSA) is 131 Å². The van der Waals surface area contributed by atoms with Crippen molar-refractivity contribution >= 4 is 107 Å². The Morgan fingerprint density at radius 1 is 0.741 bits per heavy atom. The summed E-state index contributed by atoms with van der Waals surface area (Å²) in [5.41, 5.74) is 1.97. The molecule has 0 amide bonds. The molecule has 2 aromatic heterocycles. The van der Waals surface area contributed by atoms with Crippen LogP contribution in [0.2, 0.25) is 0 Å². The number of benzene rings is 2. The van der Waals surface area contributed by atoms with Crippen LogP contribution < -0.4 is 29.6 Å². The van der Waals surface area contributed by atoms with Crippen molar-refractivity contribution < 1.29 is 67.7 Å². The monoisotopic (exact) mass is 892 g/mol. The fraction of sp³-hybridized carbons (Fsp3) is 0.526. The summed E-state index contributed by atoms with van der Waals surface area (Å²) in [6.45, 7) is 8.49. The van der Waals surface area contributed by atoms with E-state index in [1.165, 1.54) is 30.7 Å². The second-order valence-electron chi connectivity index (χ2n) is 12.1. The average Bonchev–Trinajstić information content (AvgIpc) is 3.77. The first kappa shape index (κ1) is 50.2. The van der Waals surface area contributed by atoms with Crippen LogP contribution >= 0.6 is 50.4 Å². The van der Waals surface area contributed by atoms with E-state index in [1.54, 1.807) is 36.5 Å². The number of thiazole rings is 2. The van der Waals surface area contributed by atoms with Gasteiger partial charge in [0.2, 0.25) is 0 Å². The van der Waals surface area contributed by atoms with Gasteiger partial charge in [0, 0.05) is 11.1 Å². The van der Waals surface area contributed by atoms with Crippen molar-refractivity contribution in [1.82, 2.24) is 9.97 Å². The summed E-state index contributed by atoms with van der Waals surface area (Å²) in [7, 11) is 2.71. The van der Waals surface area contributed by atoms with Crippen molar-refractivity contribution in [2.75, 3.05) is 38.5 Å². The van der Waals surface area contributed by atoms with Gasteiger partial charge in [-0.2, -0.15) is 0 Å². The molecule has 0 radical (unpaired) electrons. The molecule has 4 aromatic rings. The first-order valence-electron chi connectivity index (χ1n) is 17.5. The molecule has 0 bridgehead atoms. The van der Waals surface area contributed by atoms with Crippen LogP contribution in [0.5, 0.6) is 0 Å². The largest absolute Gasteiger partial charge is 1.00 e. The van der Waals surface area contributed by atoms with Crippen molar-refractivity contribution in [1.29, 1.82) is 0 Å². The van der Waals surface area contributed by atoms with Crippen LogP contribution in [-0.4, -0.2) is 72.4 Å². The minimum atomic E-state index is -0.363. The molecule has 2 heterocycles. The van der Waals surface area contributed by atoms with E-state index in [1.807, 2.05) is 62.4 Å². The van der Waals surface area contributed by atoms with Crippen molar-refractivity contribution in [3.05, 3.63) is 48.5 Å². The molecular weight excluding hydrogens is 844 g/mol. The number of methoxy groups -OCH3 is 2. The van der Waals surface area contributed by atoms with Crippen molar-refractivity contribution in [2.45, 2.75) is 74.9 Å². The number of ether oxygens (including phenoxy) is 4. The molecular formula is C38H50BrN2NaO8S4. The van der Waals surface area contributed by atoms with Gasteiger partial charge in [-0.3, -0.25) is 24.2 Å². The molecule has 0 aliphatic carbocycles. The Morgan fingerprint density at radius 2 is 1.20 bits per heavy atom. The van der Waals surface area contributed by atoms with Crippen molar-refractivity contribution in [3.8, 4) is 0 Å². The third-order valence-corrected chi connectivity index (χ3v) is 12.1. The van der Waals surface area contributed by atoms with Gasteiger partial charge in [-0.05, 0) is 52.9 Å². The van der Waals surface area contributed by atoms with E-state index in [-0.39, 0.29) is 77.1 Å². The third kappa shape index (κ3) is 18.4. The molecule has 10 nitrogen and oxygen atoms in total. The summed E-state index contributed by atoms with van der Waals surface area (Å²) >= 11 is 12.9. The van der Waals surface area contributed by atoms with Gasteiger partial charge in [-0.25, -0.2) is 4.98 Å². The van der Waals surface area contributed by atoms with Gasteiger partial charge in [0.25, 0.3) is 0 Å². The molecule has 0 N–H and O–H groups in total. The average molecular weight is 894 g/mol. The fourth-order valence-electron chi connectivity index (χ4n) is 4.71. The van der Waals surface area contributed by atoms with Crippen LogP contribution in [0.3, 0.4) is 0 Å². The summed E-state index contributed by atoms with van der Waals surface area (Å²) in [5, 5.41) is 0.499. The second kappa shape index (κ2) is 28.5. The van der Waals surface area contributed by atoms with Crippen molar-refractivity contribution in [3.63, 3.8) is 0 Å². The molecule has 2 aromatic carbocycles. The number of esters is 4. The minimum Gasteiger partial charge on any atom is -0.469 e. The normalized spacial score (nSPS) is 12.7. The SMILES string of the molecule is CCCCOC(=O)C(CBr)CC(C)C(=O)OC.CCCCOC(=O)C(CSc1nc2ccccc2s1)CC(C)C(=O)OC.[Na+].[S-]c1nc2ccccc2s1. The van der Waals surface area contributed by atoms with Crippen LogP contribution in [0.1, 0.15) is 66.2 Å². The Bertz CT molecular complexity index is 1640. The molecule has 4 rings (SSSR count). The smallest absolute Gasteiger partial charge is 0.469 e. The number of nitrogens with zero attached hydrogens (tertiary/aromatic N) is 2. The quantitative estimate of drug-likeness (QED) is 0.0212. The number of hydrogen-bond acceptors (Lipinski definition) is 14. The summed E-state index contributed by atoms with van der Waals surface area (Å²) in [4.78, 5) is 55.9. The minimum absolute atomic E-state index is 0. The molecule has 0 fully saturated rings. The van der Waals surface area contributed by atoms with E-state index in [0.29, 0.717) is 37.1 Å². The number of halogens is 1. The standard InChI is InChI=1S/C19H25NO4S2.C12H21BrO4.C7H5NS2.Na/c1-4-5-10-24-18(22)14(11-13(2)17(21)23-3)12-25-19-20-15-8-6-7-9-16(15)26-19;1-4-5-6-17-12(15)10(8-13)7-9(2)11(14)16-3;9-7-8-5-3-1-2-4-6(5)10-7;/h6-9,13-14H,4-5,10-12H2,1-3H3;9-10H,4-8H2,1-3H3;1-4H,(H,8,9);/q;;;+1/p-1. The number of fused-ring (bicyclic) bond motifs is 2. The number of para-hydroxylation sites is 2. The second-order valence-corrected chi connectivity index (χ2v) is 16.7. The Labute approximate surface area is 367 Å². The zero-order valence-electron chi connectivity index (χ0n) is 32.2. The Morgan fingerprint density at radius 3 is 1.67 bits per heavy atom. The van der Waals surface area contributed by atoms with Gasteiger partial charge >= 0.3 is 53.4 Å². The molecule has 0 aliphatic rings. The number of rotatable bonds is 18. The zero-order valence-corrected chi connectivity index (χ0v) is 39.0. The maximum atomic E-state index is 12.5. The predicted octanol–water partition coefficient (Wildman–Crippen LogP) is 6.29. The number of hydrogen-bond donors (Lipinski definition) is 0. The molecule has 0 spiro atoms. The number of alkyl halides is 1. The molecule has 292 valence electrons. The Kier molecular flexibility index (Phi) is 26.5. The molecule has 0 saturated carbocycles. The van der Waals surface area contributed by atoms with Crippen LogP contribution in [0.15, 0.2) is 57.2 Å². The van der Waals surface area contributed by atoms with Crippen LogP contribution in [-0.2, 0) is 50.8 Å². The Balaban J connectivity index is 0.000000445. The van der Waals surface area contributed by atoms with E-state index in [2.05, 4.69) is 30.6 Å². The number of carbonyl (C=O) groups excluding carboxylic acids is 4. The van der Waals surface area contributed by atoms with E-state index < -0.39 is 0 Å². The van der Waals surface area contributed by atoms with E-state index in [0.717, 1.165) is 50.1 Å².